The Balaban J connectivity index is 1.44. The molecule has 0 bridgehead atoms. The molecule has 0 amide bonds. The van der Waals surface area contributed by atoms with Gasteiger partial charge in [-0.3, -0.25) is 14.4 Å². The van der Waals surface area contributed by atoms with Crippen molar-refractivity contribution in [1.29, 1.82) is 0 Å². The lowest BCUT2D eigenvalue weighted by molar-refractivity contribution is -0.138. The number of benzene rings is 4. The Kier molecular flexibility index (Phi) is 12.1. The predicted molar refractivity (Wildman–Crippen MR) is 174 cm³/mol. The van der Waals surface area contributed by atoms with Crippen molar-refractivity contribution in [2.24, 2.45) is 0 Å². The van der Waals surface area contributed by atoms with Crippen molar-refractivity contribution in [2.45, 2.75) is 51.6 Å². The minimum atomic E-state index is -0.782. The smallest absolute Gasteiger partial charge is 0.303 e. The van der Waals surface area contributed by atoms with Crippen LogP contribution >= 0.6 is 0 Å². The fraction of sp³-hybridized carbons (Fsp3) is 0.270. The van der Waals surface area contributed by atoms with Crippen LogP contribution in [0.4, 0.5) is 11.4 Å². The predicted octanol–water partition coefficient (Wildman–Crippen LogP) is 7.44. The topological polar surface area (TPSA) is 98.2 Å². The number of carboxylic acid groups (broad SMARTS) is 2. The fourth-order valence-electron chi connectivity index (χ4n) is 5.18. The van der Waals surface area contributed by atoms with Crippen molar-refractivity contribution in [3.63, 3.8) is 0 Å². The zero-order valence-corrected chi connectivity index (χ0v) is 25.0. The summed E-state index contributed by atoms with van der Waals surface area (Å²) in [6.45, 7) is 2.82. The van der Waals surface area contributed by atoms with Gasteiger partial charge in [0.1, 0.15) is 0 Å². The quantitative estimate of drug-likeness (QED) is 0.0915. The van der Waals surface area contributed by atoms with Crippen LogP contribution < -0.4 is 9.80 Å². The van der Waals surface area contributed by atoms with Gasteiger partial charge in [-0.05, 0) is 85.3 Å². The van der Waals surface area contributed by atoms with E-state index in [1.54, 1.807) is 0 Å². The van der Waals surface area contributed by atoms with Gasteiger partial charge in [0.25, 0.3) is 0 Å². The lowest BCUT2D eigenvalue weighted by Crippen LogP contribution is -2.24. The number of hydrogen-bond acceptors (Lipinski definition) is 5. The molecular formula is C37H40N2O5. The molecule has 0 unspecified atom stereocenters. The van der Waals surface area contributed by atoms with Crippen molar-refractivity contribution in [1.82, 2.24) is 0 Å². The van der Waals surface area contributed by atoms with E-state index in [9.17, 15) is 14.4 Å². The van der Waals surface area contributed by atoms with Gasteiger partial charge < -0.3 is 20.0 Å². The number of unbranched alkanes of at least 4 members (excludes halogenated alkanes) is 2. The van der Waals surface area contributed by atoms with E-state index in [0.29, 0.717) is 50.1 Å². The normalized spacial score (nSPS) is 10.7. The molecule has 44 heavy (non-hydrogen) atoms. The van der Waals surface area contributed by atoms with Crippen molar-refractivity contribution in [3.05, 3.63) is 131 Å². The van der Waals surface area contributed by atoms with Crippen LogP contribution in [0.3, 0.4) is 0 Å². The summed E-state index contributed by atoms with van der Waals surface area (Å²) in [4.78, 5) is 39.8. The first-order valence-corrected chi connectivity index (χ1v) is 15.2. The summed E-state index contributed by atoms with van der Waals surface area (Å²) in [5, 5.41) is 18.0. The molecule has 0 radical (unpaired) electrons. The molecule has 0 fully saturated rings. The van der Waals surface area contributed by atoms with Crippen LogP contribution in [0, 0.1) is 0 Å². The monoisotopic (exact) mass is 592 g/mol. The molecule has 0 aromatic heterocycles. The fourth-order valence-corrected chi connectivity index (χ4v) is 5.18. The highest BCUT2D eigenvalue weighted by atomic mass is 16.4. The SMILES string of the molecule is O=C(O)CCCCN(Cc1ccccc1)c1ccc(C(=O)c2ccc(N(CCCCC(=O)O)Cc3ccccc3)cc2)cc1. The Morgan fingerprint density at radius 2 is 0.841 bits per heavy atom. The molecule has 7 heteroatoms. The Hall–Kier alpha value is -4.91. The zero-order chi connectivity index (χ0) is 31.1. The van der Waals surface area contributed by atoms with Gasteiger partial charge in [-0.2, -0.15) is 0 Å². The van der Waals surface area contributed by atoms with E-state index in [1.807, 2.05) is 84.9 Å². The number of rotatable bonds is 18. The highest BCUT2D eigenvalue weighted by Crippen LogP contribution is 2.23. The highest BCUT2D eigenvalue weighted by Gasteiger charge is 2.14. The van der Waals surface area contributed by atoms with E-state index >= 15 is 0 Å². The average Bonchev–Trinajstić information content (AvgIpc) is 3.04. The number of carboxylic acids is 2. The van der Waals surface area contributed by atoms with Crippen molar-refractivity contribution in [3.8, 4) is 0 Å². The summed E-state index contributed by atoms with van der Waals surface area (Å²) in [6, 6.07) is 35.5. The molecule has 0 heterocycles. The van der Waals surface area contributed by atoms with Gasteiger partial charge in [-0.1, -0.05) is 60.7 Å². The Bertz CT molecular complexity index is 1360. The van der Waals surface area contributed by atoms with Gasteiger partial charge in [0.05, 0.1) is 0 Å². The van der Waals surface area contributed by atoms with Crippen LogP contribution in [0.25, 0.3) is 0 Å². The summed E-state index contributed by atoms with van der Waals surface area (Å²) in [6.07, 6.45) is 3.04. The molecule has 228 valence electrons. The lowest BCUT2D eigenvalue weighted by atomic mass is 10.0. The molecule has 4 aromatic rings. The van der Waals surface area contributed by atoms with E-state index in [1.165, 1.54) is 0 Å². The average molecular weight is 593 g/mol. The number of ketones is 1. The molecule has 0 spiro atoms. The molecule has 4 rings (SSSR count). The van der Waals surface area contributed by atoms with Gasteiger partial charge in [0.15, 0.2) is 5.78 Å². The van der Waals surface area contributed by atoms with Gasteiger partial charge in [0, 0.05) is 61.5 Å². The zero-order valence-electron chi connectivity index (χ0n) is 25.0. The number of carbonyl (C=O) groups is 3. The second kappa shape index (κ2) is 16.7. The van der Waals surface area contributed by atoms with Gasteiger partial charge in [0.2, 0.25) is 0 Å². The molecule has 0 aliphatic rings. The summed E-state index contributed by atoms with van der Waals surface area (Å²) >= 11 is 0. The maximum atomic E-state index is 13.4. The first kappa shape index (κ1) is 32.0. The van der Waals surface area contributed by atoms with Gasteiger partial charge in [-0.25, -0.2) is 0 Å². The van der Waals surface area contributed by atoms with Crippen LogP contribution in [0.15, 0.2) is 109 Å². The van der Waals surface area contributed by atoms with E-state index in [4.69, 9.17) is 10.2 Å². The van der Waals surface area contributed by atoms with Gasteiger partial charge >= 0.3 is 11.9 Å². The van der Waals surface area contributed by atoms with Crippen LogP contribution in [0.1, 0.15) is 65.6 Å². The molecule has 7 nitrogen and oxygen atoms in total. The van der Waals surface area contributed by atoms with Crippen LogP contribution in [-0.4, -0.2) is 41.0 Å². The number of hydrogen-bond donors (Lipinski definition) is 2. The van der Waals surface area contributed by atoms with Crippen molar-refractivity contribution in [2.75, 3.05) is 22.9 Å². The minimum Gasteiger partial charge on any atom is -0.481 e. The Morgan fingerprint density at radius 3 is 1.18 bits per heavy atom. The third-order valence-electron chi connectivity index (χ3n) is 7.56. The van der Waals surface area contributed by atoms with E-state index in [0.717, 1.165) is 35.3 Å². The first-order chi connectivity index (χ1) is 21.4. The Morgan fingerprint density at radius 1 is 0.477 bits per heavy atom. The van der Waals surface area contributed by atoms with Crippen LogP contribution in [0.2, 0.25) is 0 Å². The maximum Gasteiger partial charge on any atom is 0.303 e. The standard InChI is InChI=1S/C37H40N2O5/c40-35(41)15-7-9-25-38(27-29-11-3-1-4-12-29)33-21-17-31(18-22-33)37(44)32-19-23-34(24-20-32)39(26-10-8-16-36(42)43)28-30-13-5-2-6-14-30/h1-6,11-14,17-24H,7-10,15-16,25-28H2,(H,40,41)(H,42,43). The minimum absolute atomic E-state index is 0.0600. The molecule has 2 N–H and O–H groups in total. The second-order valence-corrected chi connectivity index (χ2v) is 10.9. The molecule has 0 aliphatic carbocycles. The summed E-state index contributed by atoms with van der Waals surface area (Å²) < 4.78 is 0. The number of aliphatic carboxylic acids is 2. The first-order valence-electron chi connectivity index (χ1n) is 15.2. The highest BCUT2D eigenvalue weighted by molar-refractivity contribution is 6.09. The van der Waals surface area contributed by atoms with E-state index < -0.39 is 11.9 Å². The molecule has 4 aromatic carbocycles. The molecule has 0 saturated heterocycles. The van der Waals surface area contributed by atoms with Crippen LogP contribution in [0.5, 0.6) is 0 Å². The van der Waals surface area contributed by atoms with Gasteiger partial charge in [-0.15, -0.1) is 0 Å². The second-order valence-electron chi connectivity index (χ2n) is 10.9. The number of nitrogens with zero attached hydrogens (tertiary/aromatic N) is 2. The third-order valence-corrected chi connectivity index (χ3v) is 7.56. The van der Waals surface area contributed by atoms with E-state index in [-0.39, 0.29) is 18.6 Å². The molecule has 0 atom stereocenters. The molecule has 0 saturated carbocycles. The lowest BCUT2D eigenvalue weighted by Gasteiger charge is -2.25. The van der Waals surface area contributed by atoms with Crippen molar-refractivity contribution < 1.29 is 24.6 Å². The number of carbonyl (C=O) groups excluding carboxylic acids is 1. The summed E-state index contributed by atoms with van der Waals surface area (Å²) in [5.74, 6) is -1.62. The van der Waals surface area contributed by atoms with Crippen LogP contribution in [-0.2, 0) is 22.7 Å². The summed E-state index contributed by atoms with van der Waals surface area (Å²) in [7, 11) is 0. The molecular weight excluding hydrogens is 552 g/mol. The number of anilines is 2. The van der Waals surface area contributed by atoms with E-state index in [2.05, 4.69) is 34.1 Å². The maximum absolute atomic E-state index is 13.4. The molecule has 0 aliphatic heterocycles. The van der Waals surface area contributed by atoms with Crippen molar-refractivity contribution >= 4 is 29.1 Å². The summed E-state index contributed by atoms with van der Waals surface area (Å²) in [5.41, 5.74) is 5.48. The third kappa shape index (κ3) is 10.1. The Labute approximate surface area is 259 Å². The largest absolute Gasteiger partial charge is 0.481 e.